The number of carboxylic acid groups (broad SMARTS) is 1. The van der Waals surface area contributed by atoms with E-state index in [1.165, 1.54) is 0 Å². The summed E-state index contributed by atoms with van der Waals surface area (Å²) in [5.41, 5.74) is 2.06. The molecule has 2 N–H and O–H groups in total. The average Bonchev–Trinajstić information content (AvgIpc) is 2.28. The molecule has 92 valence electrons. The molecule has 0 amide bonds. The number of aryl methyl sites for hydroxylation is 1. The van der Waals surface area contributed by atoms with Gasteiger partial charge in [0.05, 0.1) is 17.4 Å². The number of piperidine rings is 1. The Morgan fingerprint density at radius 2 is 2.24 bits per heavy atom. The summed E-state index contributed by atoms with van der Waals surface area (Å²) >= 11 is 0. The van der Waals surface area contributed by atoms with Gasteiger partial charge in [0, 0.05) is 13.1 Å². The zero-order valence-corrected chi connectivity index (χ0v) is 9.89. The molecule has 4 heteroatoms. The van der Waals surface area contributed by atoms with E-state index in [1.807, 2.05) is 17.9 Å². The minimum Gasteiger partial charge on any atom is -0.478 e. The first-order chi connectivity index (χ1) is 8.08. The van der Waals surface area contributed by atoms with Crippen LogP contribution >= 0.6 is 0 Å². The summed E-state index contributed by atoms with van der Waals surface area (Å²) in [6.45, 7) is 3.26. The highest BCUT2D eigenvalue weighted by atomic mass is 16.4. The number of carbonyl (C=O) groups is 1. The third-order valence-corrected chi connectivity index (χ3v) is 3.12. The van der Waals surface area contributed by atoms with Crippen molar-refractivity contribution in [1.82, 2.24) is 0 Å². The molecule has 1 aliphatic heterocycles. The number of aliphatic hydroxyl groups excluding tert-OH is 1. The van der Waals surface area contributed by atoms with Crippen molar-refractivity contribution in [2.45, 2.75) is 25.9 Å². The molecule has 1 aromatic carbocycles. The topological polar surface area (TPSA) is 60.8 Å². The summed E-state index contributed by atoms with van der Waals surface area (Å²) in [6.07, 6.45) is 1.34. The van der Waals surface area contributed by atoms with E-state index in [4.69, 9.17) is 5.11 Å². The van der Waals surface area contributed by atoms with E-state index < -0.39 is 5.97 Å². The zero-order valence-electron chi connectivity index (χ0n) is 9.89. The van der Waals surface area contributed by atoms with Gasteiger partial charge in [-0.1, -0.05) is 6.07 Å². The molecule has 1 aromatic rings. The van der Waals surface area contributed by atoms with Crippen LogP contribution in [0.25, 0.3) is 0 Å². The van der Waals surface area contributed by atoms with Crippen LogP contribution in [0.3, 0.4) is 0 Å². The summed E-state index contributed by atoms with van der Waals surface area (Å²) in [4.78, 5) is 13.1. The molecule has 17 heavy (non-hydrogen) atoms. The zero-order chi connectivity index (χ0) is 12.4. The van der Waals surface area contributed by atoms with E-state index in [-0.39, 0.29) is 6.10 Å². The number of nitrogens with zero attached hydrogens (tertiary/aromatic N) is 1. The van der Waals surface area contributed by atoms with Crippen molar-refractivity contribution in [3.05, 3.63) is 29.3 Å². The van der Waals surface area contributed by atoms with Crippen LogP contribution in [-0.4, -0.2) is 35.4 Å². The molecule has 2 rings (SSSR count). The molecule has 1 saturated heterocycles. The molecule has 0 radical (unpaired) electrons. The Morgan fingerprint density at radius 3 is 2.88 bits per heavy atom. The van der Waals surface area contributed by atoms with Gasteiger partial charge in [-0.05, 0) is 37.5 Å². The number of carboxylic acids is 1. The van der Waals surface area contributed by atoms with E-state index in [9.17, 15) is 9.90 Å². The Balaban J connectivity index is 2.35. The molecule has 0 saturated carbocycles. The van der Waals surface area contributed by atoms with Gasteiger partial charge < -0.3 is 15.1 Å². The fraction of sp³-hybridized carbons (Fsp3) is 0.462. The van der Waals surface area contributed by atoms with Gasteiger partial charge in [0.25, 0.3) is 0 Å². The van der Waals surface area contributed by atoms with Crippen LogP contribution < -0.4 is 4.90 Å². The van der Waals surface area contributed by atoms with Crippen LogP contribution in [0.15, 0.2) is 18.2 Å². The third kappa shape index (κ3) is 2.58. The van der Waals surface area contributed by atoms with Crippen molar-refractivity contribution in [3.63, 3.8) is 0 Å². The molecule has 0 aliphatic carbocycles. The molecule has 0 bridgehead atoms. The summed E-state index contributed by atoms with van der Waals surface area (Å²) in [7, 11) is 0. The van der Waals surface area contributed by atoms with Crippen molar-refractivity contribution in [2.24, 2.45) is 0 Å². The fourth-order valence-electron chi connectivity index (χ4n) is 2.26. The Morgan fingerprint density at radius 1 is 1.47 bits per heavy atom. The molecule has 1 unspecified atom stereocenters. The van der Waals surface area contributed by atoms with E-state index in [0.29, 0.717) is 12.1 Å². The number of rotatable bonds is 2. The first kappa shape index (κ1) is 11.9. The smallest absolute Gasteiger partial charge is 0.337 e. The largest absolute Gasteiger partial charge is 0.478 e. The van der Waals surface area contributed by atoms with Crippen LogP contribution in [0.1, 0.15) is 28.8 Å². The lowest BCUT2D eigenvalue weighted by Crippen LogP contribution is -2.39. The number of aliphatic hydroxyl groups is 1. The number of anilines is 1. The molecular weight excluding hydrogens is 218 g/mol. The standard InChI is InChI=1S/C13H17NO3/c1-9-4-5-11(13(16)17)12(7-9)14-6-2-3-10(15)8-14/h4-5,7,10,15H,2-3,6,8H2,1H3,(H,16,17). The number of benzene rings is 1. The highest BCUT2D eigenvalue weighted by Gasteiger charge is 2.22. The SMILES string of the molecule is Cc1ccc(C(=O)O)c(N2CCCC(O)C2)c1. The summed E-state index contributed by atoms with van der Waals surface area (Å²) in [5.74, 6) is -0.917. The van der Waals surface area contributed by atoms with E-state index in [1.54, 1.807) is 12.1 Å². The second kappa shape index (κ2) is 4.75. The van der Waals surface area contributed by atoms with Gasteiger partial charge in [0.15, 0.2) is 0 Å². The van der Waals surface area contributed by atoms with E-state index in [0.717, 1.165) is 30.6 Å². The number of β-amino-alcohol motifs (C(OH)–C–C–N with tert-alkyl or cyclic N) is 1. The Hall–Kier alpha value is -1.55. The van der Waals surface area contributed by atoms with E-state index in [2.05, 4.69) is 0 Å². The molecule has 1 aliphatic rings. The van der Waals surface area contributed by atoms with Crippen molar-refractivity contribution < 1.29 is 15.0 Å². The maximum atomic E-state index is 11.2. The van der Waals surface area contributed by atoms with E-state index >= 15 is 0 Å². The summed E-state index contributed by atoms with van der Waals surface area (Å²) in [5, 5.41) is 18.8. The molecule has 1 fully saturated rings. The van der Waals surface area contributed by atoms with Crippen LogP contribution in [0.2, 0.25) is 0 Å². The monoisotopic (exact) mass is 235 g/mol. The molecule has 0 aromatic heterocycles. The minimum atomic E-state index is -0.917. The van der Waals surface area contributed by atoms with Crippen LogP contribution in [0.4, 0.5) is 5.69 Å². The third-order valence-electron chi connectivity index (χ3n) is 3.12. The van der Waals surface area contributed by atoms with Gasteiger partial charge in [0.2, 0.25) is 0 Å². The highest BCUT2D eigenvalue weighted by molar-refractivity contribution is 5.94. The molecule has 1 atom stereocenters. The first-order valence-electron chi connectivity index (χ1n) is 5.85. The highest BCUT2D eigenvalue weighted by Crippen LogP contribution is 2.25. The quantitative estimate of drug-likeness (QED) is 0.818. The number of hydrogen-bond acceptors (Lipinski definition) is 3. The van der Waals surface area contributed by atoms with Crippen molar-refractivity contribution >= 4 is 11.7 Å². The van der Waals surface area contributed by atoms with Crippen molar-refractivity contribution in [2.75, 3.05) is 18.0 Å². The minimum absolute atomic E-state index is 0.310. The van der Waals surface area contributed by atoms with Crippen molar-refractivity contribution in [3.8, 4) is 0 Å². The predicted octanol–water partition coefficient (Wildman–Crippen LogP) is 1.65. The van der Waals surface area contributed by atoms with Crippen LogP contribution in [-0.2, 0) is 0 Å². The second-order valence-corrected chi connectivity index (χ2v) is 4.57. The first-order valence-corrected chi connectivity index (χ1v) is 5.85. The van der Waals surface area contributed by atoms with Crippen LogP contribution in [0, 0.1) is 6.92 Å². The number of aromatic carboxylic acids is 1. The average molecular weight is 235 g/mol. The van der Waals surface area contributed by atoms with Crippen LogP contribution in [0.5, 0.6) is 0 Å². The second-order valence-electron chi connectivity index (χ2n) is 4.57. The lowest BCUT2D eigenvalue weighted by Gasteiger charge is -2.33. The maximum absolute atomic E-state index is 11.2. The summed E-state index contributed by atoms with van der Waals surface area (Å²) < 4.78 is 0. The van der Waals surface area contributed by atoms with Gasteiger partial charge in [-0.2, -0.15) is 0 Å². The van der Waals surface area contributed by atoms with Gasteiger partial charge in [-0.3, -0.25) is 0 Å². The van der Waals surface area contributed by atoms with Gasteiger partial charge in [0.1, 0.15) is 0 Å². The van der Waals surface area contributed by atoms with Gasteiger partial charge in [-0.15, -0.1) is 0 Å². The fourth-order valence-corrected chi connectivity index (χ4v) is 2.26. The lowest BCUT2D eigenvalue weighted by molar-refractivity contribution is 0.0696. The van der Waals surface area contributed by atoms with Gasteiger partial charge in [-0.25, -0.2) is 4.79 Å². The molecule has 0 spiro atoms. The van der Waals surface area contributed by atoms with Crippen molar-refractivity contribution in [1.29, 1.82) is 0 Å². The normalized spacial score (nSPS) is 20.4. The molecule has 4 nitrogen and oxygen atoms in total. The Bertz CT molecular complexity index is 431. The van der Waals surface area contributed by atoms with Gasteiger partial charge >= 0.3 is 5.97 Å². The lowest BCUT2D eigenvalue weighted by atomic mass is 10.0. The maximum Gasteiger partial charge on any atom is 0.337 e. The number of hydrogen-bond donors (Lipinski definition) is 2. The molecular formula is C13H17NO3. The Kier molecular flexibility index (Phi) is 3.33. The molecule has 1 heterocycles. The Labute approximate surface area is 100 Å². The summed E-state index contributed by atoms with van der Waals surface area (Å²) in [6, 6.07) is 5.31. The predicted molar refractivity (Wildman–Crippen MR) is 65.6 cm³/mol.